The number of rotatable bonds is 2. The summed E-state index contributed by atoms with van der Waals surface area (Å²) in [7, 11) is 1.82. The van der Waals surface area contributed by atoms with Gasteiger partial charge in [-0.2, -0.15) is 10.1 Å². The number of piperidine rings is 1. The average Bonchev–Trinajstić information content (AvgIpc) is 2.98. The van der Waals surface area contributed by atoms with E-state index < -0.39 is 5.60 Å². The molecule has 1 aliphatic rings. The van der Waals surface area contributed by atoms with Gasteiger partial charge in [-0.3, -0.25) is 4.68 Å². The first-order valence-electron chi connectivity index (χ1n) is 5.94. The molecular formula is C11H15N5O2. The second kappa shape index (κ2) is 4.18. The zero-order chi connectivity index (χ0) is 12.6. The largest absolute Gasteiger partial charge is 0.379 e. The van der Waals surface area contributed by atoms with Crippen LogP contribution in [0.4, 0.5) is 0 Å². The van der Waals surface area contributed by atoms with E-state index in [1.807, 2.05) is 7.05 Å². The molecule has 2 aromatic rings. The molecule has 2 aromatic heterocycles. The monoisotopic (exact) mass is 249 g/mol. The molecule has 7 nitrogen and oxygen atoms in total. The third-order valence-electron chi connectivity index (χ3n) is 3.15. The fraction of sp³-hybridized carbons (Fsp3) is 0.545. The minimum Gasteiger partial charge on any atom is -0.379 e. The number of nitrogens with zero attached hydrogens (tertiary/aromatic N) is 4. The number of hydrogen-bond donors (Lipinski definition) is 2. The maximum atomic E-state index is 10.4. The Labute approximate surface area is 104 Å². The molecular weight excluding hydrogens is 234 g/mol. The van der Waals surface area contributed by atoms with Crippen LogP contribution >= 0.6 is 0 Å². The van der Waals surface area contributed by atoms with E-state index in [1.54, 1.807) is 17.1 Å². The normalized spacial score (nSPS) is 24.3. The molecule has 18 heavy (non-hydrogen) atoms. The predicted molar refractivity (Wildman–Crippen MR) is 62.5 cm³/mol. The van der Waals surface area contributed by atoms with Gasteiger partial charge in [-0.05, 0) is 19.4 Å². The van der Waals surface area contributed by atoms with Gasteiger partial charge in [0.25, 0.3) is 5.89 Å². The number of nitrogens with one attached hydrogen (secondary N) is 1. The average molecular weight is 249 g/mol. The van der Waals surface area contributed by atoms with Crippen LogP contribution in [-0.2, 0) is 12.6 Å². The number of β-amino-alcohol motifs (C(OH)–C–C–N with tert-alkyl or cyclic N) is 1. The summed E-state index contributed by atoms with van der Waals surface area (Å²) in [6, 6.07) is 0. The molecule has 1 aliphatic heterocycles. The SMILES string of the molecule is Cn1cc(-c2noc(C3(O)CCCNC3)n2)cn1. The van der Waals surface area contributed by atoms with Crippen LogP contribution in [0.5, 0.6) is 0 Å². The lowest BCUT2D eigenvalue weighted by molar-refractivity contribution is -0.0167. The number of aryl methyl sites for hydroxylation is 1. The van der Waals surface area contributed by atoms with E-state index in [0.29, 0.717) is 18.8 Å². The quantitative estimate of drug-likeness (QED) is 0.781. The van der Waals surface area contributed by atoms with Gasteiger partial charge in [0.05, 0.1) is 11.8 Å². The second-order valence-electron chi connectivity index (χ2n) is 4.64. The van der Waals surface area contributed by atoms with Gasteiger partial charge < -0.3 is 14.9 Å². The van der Waals surface area contributed by atoms with E-state index in [0.717, 1.165) is 18.5 Å². The van der Waals surface area contributed by atoms with Crippen LogP contribution in [-0.4, -0.2) is 38.1 Å². The molecule has 3 heterocycles. The Balaban J connectivity index is 1.89. The van der Waals surface area contributed by atoms with Crippen molar-refractivity contribution in [2.24, 2.45) is 7.05 Å². The summed E-state index contributed by atoms with van der Waals surface area (Å²) < 4.78 is 6.85. The minimum absolute atomic E-state index is 0.272. The van der Waals surface area contributed by atoms with Crippen molar-refractivity contribution in [3.05, 3.63) is 18.3 Å². The standard InChI is InChI=1S/C11H15N5O2/c1-16-6-8(5-13-16)9-14-10(18-15-9)11(17)3-2-4-12-7-11/h5-6,12,17H,2-4,7H2,1H3. The van der Waals surface area contributed by atoms with E-state index in [-0.39, 0.29) is 5.89 Å². The highest BCUT2D eigenvalue weighted by Gasteiger charge is 2.37. The second-order valence-corrected chi connectivity index (χ2v) is 4.64. The smallest absolute Gasteiger partial charge is 0.260 e. The number of aromatic nitrogens is 4. The van der Waals surface area contributed by atoms with Gasteiger partial charge in [0.1, 0.15) is 0 Å². The van der Waals surface area contributed by atoms with Crippen LogP contribution < -0.4 is 5.32 Å². The third kappa shape index (κ3) is 1.91. The molecule has 3 rings (SSSR count). The zero-order valence-corrected chi connectivity index (χ0v) is 10.1. The minimum atomic E-state index is -1.05. The summed E-state index contributed by atoms with van der Waals surface area (Å²) in [4.78, 5) is 4.27. The lowest BCUT2D eigenvalue weighted by Gasteiger charge is -2.28. The third-order valence-corrected chi connectivity index (χ3v) is 3.15. The summed E-state index contributed by atoms with van der Waals surface area (Å²) in [6.45, 7) is 1.35. The molecule has 0 radical (unpaired) electrons. The zero-order valence-electron chi connectivity index (χ0n) is 10.1. The van der Waals surface area contributed by atoms with Crippen LogP contribution in [0.1, 0.15) is 18.7 Å². The highest BCUT2D eigenvalue weighted by molar-refractivity contribution is 5.51. The van der Waals surface area contributed by atoms with Crippen LogP contribution in [0, 0.1) is 0 Å². The van der Waals surface area contributed by atoms with Crippen LogP contribution in [0.25, 0.3) is 11.4 Å². The van der Waals surface area contributed by atoms with Crippen molar-refractivity contribution in [1.29, 1.82) is 0 Å². The maximum Gasteiger partial charge on any atom is 0.260 e. The van der Waals surface area contributed by atoms with Crippen LogP contribution in [0.15, 0.2) is 16.9 Å². The molecule has 0 amide bonds. The molecule has 0 aromatic carbocycles. The number of hydrogen-bond acceptors (Lipinski definition) is 6. The molecule has 0 saturated carbocycles. The van der Waals surface area contributed by atoms with E-state index in [1.165, 1.54) is 0 Å². The lowest BCUT2D eigenvalue weighted by Crippen LogP contribution is -2.43. The molecule has 1 atom stereocenters. The first kappa shape index (κ1) is 11.4. The molecule has 0 bridgehead atoms. The summed E-state index contributed by atoms with van der Waals surface area (Å²) in [6.07, 6.45) is 4.99. The molecule has 0 aliphatic carbocycles. The van der Waals surface area contributed by atoms with Gasteiger partial charge in [-0.15, -0.1) is 0 Å². The molecule has 1 saturated heterocycles. The van der Waals surface area contributed by atoms with E-state index in [4.69, 9.17) is 4.52 Å². The topological polar surface area (TPSA) is 89.0 Å². The molecule has 1 fully saturated rings. The Kier molecular flexibility index (Phi) is 2.64. The first-order valence-corrected chi connectivity index (χ1v) is 5.94. The van der Waals surface area contributed by atoms with Crippen LogP contribution in [0.3, 0.4) is 0 Å². The van der Waals surface area contributed by atoms with Crippen molar-refractivity contribution in [1.82, 2.24) is 25.2 Å². The highest BCUT2D eigenvalue weighted by atomic mass is 16.5. The van der Waals surface area contributed by atoms with Gasteiger partial charge in [0, 0.05) is 19.8 Å². The van der Waals surface area contributed by atoms with Crippen molar-refractivity contribution < 1.29 is 9.63 Å². The summed E-state index contributed by atoms with van der Waals surface area (Å²) >= 11 is 0. The summed E-state index contributed by atoms with van der Waals surface area (Å²) in [5.41, 5.74) is -0.272. The molecule has 96 valence electrons. The van der Waals surface area contributed by atoms with E-state index in [9.17, 15) is 5.11 Å². The molecule has 0 spiro atoms. The van der Waals surface area contributed by atoms with Crippen molar-refractivity contribution in [2.45, 2.75) is 18.4 Å². The van der Waals surface area contributed by atoms with Crippen molar-refractivity contribution in [3.8, 4) is 11.4 Å². The van der Waals surface area contributed by atoms with Crippen molar-refractivity contribution >= 4 is 0 Å². The van der Waals surface area contributed by atoms with Gasteiger partial charge in [0.15, 0.2) is 5.60 Å². The number of aliphatic hydroxyl groups is 1. The molecule has 1 unspecified atom stereocenters. The summed E-state index contributed by atoms with van der Waals surface area (Å²) in [5.74, 6) is 0.727. The van der Waals surface area contributed by atoms with E-state index in [2.05, 4.69) is 20.6 Å². The van der Waals surface area contributed by atoms with Gasteiger partial charge >= 0.3 is 0 Å². The fourth-order valence-corrected chi connectivity index (χ4v) is 2.14. The first-order chi connectivity index (χ1) is 8.67. The Bertz CT molecular complexity index is 541. The fourth-order valence-electron chi connectivity index (χ4n) is 2.14. The van der Waals surface area contributed by atoms with E-state index >= 15 is 0 Å². The Morgan fingerprint density at radius 2 is 2.44 bits per heavy atom. The van der Waals surface area contributed by atoms with Gasteiger partial charge in [-0.25, -0.2) is 0 Å². The van der Waals surface area contributed by atoms with Crippen molar-refractivity contribution in [3.63, 3.8) is 0 Å². The van der Waals surface area contributed by atoms with Gasteiger partial charge in [0.2, 0.25) is 5.82 Å². The highest BCUT2D eigenvalue weighted by Crippen LogP contribution is 2.28. The lowest BCUT2D eigenvalue weighted by atomic mass is 9.94. The Morgan fingerprint density at radius 3 is 3.11 bits per heavy atom. The summed E-state index contributed by atoms with van der Waals surface area (Å²) in [5, 5.41) is 21.5. The Morgan fingerprint density at radius 1 is 1.56 bits per heavy atom. The Hall–Kier alpha value is -1.73. The van der Waals surface area contributed by atoms with Crippen molar-refractivity contribution in [2.75, 3.05) is 13.1 Å². The predicted octanol–water partition coefficient (Wildman–Crippen LogP) is 0.0411. The van der Waals surface area contributed by atoms with Gasteiger partial charge in [-0.1, -0.05) is 5.16 Å². The molecule has 2 N–H and O–H groups in total. The maximum absolute atomic E-state index is 10.4. The molecule has 7 heteroatoms. The van der Waals surface area contributed by atoms with Crippen LogP contribution in [0.2, 0.25) is 0 Å².